The highest BCUT2D eigenvalue weighted by molar-refractivity contribution is 6.30. The quantitative estimate of drug-likeness (QED) is 0.660. The monoisotopic (exact) mass is 275 g/mol. The molecule has 0 fully saturated rings. The van der Waals surface area contributed by atoms with Gasteiger partial charge in [-0.3, -0.25) is 0 Å². The molecular formula is C12H10ClN5O. The van der Waals surface area contributed by atoms with Gasteiger partial charge in [-0.2, -0.15) is 9.36 Å². The second kappa shape index (κ2) is 4.47. The summed E-state index contributed by atoms with van der Waals surface area (Å²) in [5.41, 5.74) is 1.27. The lowest BCUT2D eigenvalue weighted by atomic mass is 10.1. The molecule has 19 heavy (non-hydrogen) atoms. The molecule has 0 aliphatic rings. The van der Waals surface area contributed by atoms with Crippen molar-refractivity contribution in [3.05, 3.63) is 51.5 Å². The number of fused-ring (bicyclic) bond motifs is 1. The standard InChI is InChI=1S/C12H10ClN5O/c1-17-12(19)18(16-15-17)7-9-6-8-4-2-3-5-10(8)14-11(9)13/h2-6H,7H2,1H3. The van der Waals surface area contributed by atoms with Crippen molar-refractivity contribution in [3.63, 3.8) is 0 Å². The number of hydrogen-bond donors (Lipinski definition) is 0. The first kappa shape index (κ1) is 11.9. The van der Waals surface area contributed by atoms with Gasteiger partial charge in [-0.15, -0.1) is 0 Å². The number of rotatable bonds is 2. The van der Waals surface area contributed by atoms with Gasteiger partial charge in [0.1, 0.15) is 5.15 Å². The van der Waals surface area contributed by atoms with E-state index in [4.69, 9.17) is 11.6 Å². The molecular weight excluding hydrogens is 266 g/mol. The topological polar surface area (TPSA) is 65.6 Å². The molecule has 0 aliphatic carbocycles. The Bertz CT molecular complexity index is 807. The molecule has 3 rings (SSSR count). The van der Waals surface area contributed by atoms with Crippen molar-refractivity contribution in [2.75, 3.05) is 0 Å². The fourth-order valence-corrected chi connectivity index (χ4v) is 2.06. The fraction of sp³-hybridized carbons (Fsp3) is 0.167. The van der Waals surface area contributed by atoms with E-state index in [2.05, 4.69) is 15.4 Å². The molecule has 2 heterocycles. The van der Waals surface area contributed by atoms with Crippen LogP contribution < -0.4 is 5.69 Å². The van der Waals surface area contributed by atoms with Gasteiger partial charge >= 0.3 is 5.69 Å². The lowest BCUT2D eigenvalue weighted by molar-refractivity contribution is 0.631. The number of para-hydroxylation sites is 1. The number of halogens is 1. The number of aromatic nitrogens is 5. The summed E-state index contributed by atoms with van der Waals surface area (Å²) in [6.07, 6.45) is 0. The molecule has 0 amide bonds. The molecule has 0 unspecified atom stereocenters. The SMILES string of the molecule is Cn1nnn(Cc2cc3ccccc3nc2Cl)c1=O. The second-order valence-electron chi connectivity index (χ2n) is 4.17. The van der Waals surface area contributed by atoms with Crippen LogP contribution in [0.15, 0.2) is 35.1 Å². The summed E-state index contributed by atoms with van der Waals surface area (Å²) >= 11 is 6.13. The summed E-state index contributed by atoms with van der Waals surface area (Å²) in [4.78, 5) is 16.0. The van der Waals surface area contributed by atoms with Crippen molar-refractivity contribution in [1.29, 1.82) is 0 Å². The van der Waals surface area contributed by atoms with Crippen LogP contribution in [0.2, 0.25) is 5.15 Å². The third-order valence-electron chi connectivity index (χ3n) is 2.85. The molecule has 6 nitrogen and oxygen atoms in total. The molecule has 0 bridgehead atoms. The molecule has 3 aromatic rings. The number of tetrazole rings is 1. The number of pyridine rings is 1. The molecule has 0 atom stereocenters. The van der Waals surface area contributed by atoms with E-state index >= 15 is 0 Å². The van der Waals surface area contributed by atoms with Crippen molar-refractivity contribution in [1.82, 2.24) is 24.8 Å². The Morgan fingerprint density at radius 3 is 2.79 bits per heavy atom. The van der Waals surface area contributed by atoms with Crippen molar-refractivity contribution in [3.8, 4) is 0 Å². The van der Waals surface area contributed by atoms with Gasteiger partial charge in [0, 0.05) is 18.0 Å². The number of benzene rings is 1. The lowest BCUT2D eigenvalue weighted by Crippen LogP contribution is -2.23. The van der Waals surface area contributed by atoms with E-state index in [0.717, 1.165) is 16.5 Å². The first-order valence-corrected chi connectivity index (χ1v) is 6.04. The number of hydrogen-bond acceptors (Lipinski definition) is 4. The Balaban J connectivity index is 2.08. The molecule has 2 aromatic heterocycles. The summed E-state index contributed by atoms with van der Waals surface area (Å²) in [6, 6.07) is 9.57. The Morgan fingerprint density at radius 2 is 2.05 bits per heavy atom. The van der Waals surface area contributed by atoms with Crippen LogP contribution in [0.4, 0.5) is 0 Å². The number of nitrogens with zero attached hydrogens (tertiary/aromatic N) is 5. The van der Waals surface area contributed by atoms with Gasteiger partial charge in [-0.1, -0.05) is 29.8 Å². The van der Waals surface area contributed by atoms with Crippen LogP contribution >= 0.6 is 11.6 Å². The van der Waals surface area contributed by atoms with Crippen molar-refractivity contribution in [2.45, 2.75) is 6.54 Å². The molecule has 0 aliphatic heterocycles. The van der Waals surface area contributed by atoms with E-state index in [1.54, 1.807) is 7.05 Å². The zero-order valence-corrected chi connectivity index (χ0v) is 10.9. The Kier molecular flexibility index (Phi) is 2.79. The van der Waals surface area contributed by atoms with Crippen LogP contribution in [-0.4, -0.2) is 24.8 Å². The predicted molar refractivity (Wildman–Crippen MR) is 71.1 cm³/mol. The highest BCUT2D eigenvalue weighted by atomic mass is 35.5. The first-order chi connectivity index (χ1) is 9.15. The third kappa shape index (κ3) is 2.10. The minimum atomic E-state index is -0.288. The van der Waals surface area contributed by atoms with Gasteiger partial charge in [0.2, 0.25) is 0 Å². The van der Waals surface area contributed by atoms with Gasteiger partial charge in [0.25, 0.3) is 0 Å². The highest BCUT2D eigenvalue weighted by Crippen LogP contribution is 2.20. The largest absolute Gasteiger partial charge is 0.363 e. The Morgan fingerprint density at radius 1 is 1.26 bits per heavy atom. The van der Waals surface area contributed by atoms with Gasteiger partial charge < -0.3 is 0 Å². The summed E-state index contributed by atoms with van der Waals surface area (Å²) in [7, 11) is 1.55. The fourth-order valence-electron chi connectivity index (χ4n) is 1.86. The van der Waals surface area contributed by atoms with Crippen LogP contribution in [0.1, 0.15) is 5.56 Å². The first-order valence-electron chi connectivity index (χ1n) is 5.66. The van der Waals surface area contributed by atoms with Crippen LogP contribution in [0.3, 0.4) is 0 Å². The minimum Gasteiger partial charge on any atom is -0.244 e. The van der Waals surface area contributed by atoms with E-state index in [1.807, 2.05) is 30.3 Å². The maximum Gasteiger partial charge on any atom is 0.363 e. The zero-order chi connectivity index (χ0) is 13.4. The Labute approximate surface area is 113 Å². The van der Waals surface area contributed by atoms with E-state index < -0.39 is 0 Å². The second-order valence-corrected chi connectivity index (χ2v) is 4.53. The maximum absolute atomic E-state index is 11.7. The van der Waals surface area contributed by atoms with E-state index in [9.17, 15) is 4.79 Å². The van der Waals surface area contributed by atoms with E-state index in [0.29, 0.717) is 5.15 Å². The van der Waals surface area contributed by atoms with Crippen LogP contribution in [0.25, 0.3) is 10.9 Å². The average molecular weight is 276 g/mol. The van der Waals surface area contributed by atoms with E-state index in [1.165, 1.54) is 9.36 Å². The highest BCUT2D eigenvalue weighted by Gasteiger charge is 2.09. The lowest BCUT2D eigenvalue weighted by Gasteiger charge is -2.05. The predicted octanol–water partition coefficient (Wildman–Crippen LogP) is 1.23. The maximum atomic E-state index is 11.7. The molecule has 0 saturated heterocycles. The van der Waals surface area contributed by atoms with Crippen LogP contribution in [0, 0.1) is 0 Å². The third-order valence-corrected chi connectivity index (χ3v) is 3.18. The van der Waals surface area contributed by atoms with Gasteiger partial charge in [0.15, 0.2) is 0 Å². The van der Waals surface area contributed by atoms with E-state index in [-0.39, 0.29) is 12.2 Å². The number of aryl methyl sites for hydroxylation is 1. The summed E-state index contributed by atoms with van der Waals surface area (Å²) < 4.78 is 2.42. The summed E-state index contributed by atoms with van der Waals surface area (Å²) in [5, 5.41) is 8.76. The summed E-state index contributed by atoms with van der Waals surface area (Å²) in [5.74, 6) is 0. The van der Waals surface area contributed by atoms with Crippen LogP contribution in [0.5, 0.6) is 0 Å². The summed E-state index contributed by atoms with van der Waals surface area (Å²) in [6.45, 7) is 0.253. The van der Waals surface area contributed by atoms with Crippen molar-refractivity contribution in [2.24, 2.45) is 7.05 Å². The Hall–Kier alpha value is -2.21. The van der Waals surface area contributed by atoms with Gasteiger partial charge in [-0.05, 0) is 22.6 Å². The van der Waals surface area contributed by atoms with Gasteiger partial charge in [-0.25, -0.2) is 9.78 Å². The normalized spacial score (nSPS) is 11.1. The molecule has 0 N–H and O–H groups in total. The molecule has 96 valence electrons. The minimum absolute atomic E-state index is 0.253. The molecule has 1 aromatic carbocycles. The van der Waals surface area contributed by atoms with Gasteiger partial charge in [0.05, 0.1) is 12.1 Å². The van der Waals surface area contributed by atoms with Crippen molar-refractivity contribution >= 4 is 22.5 Å². The molecule has 0 saturated carbocycles. The van der Waals surface area contributed by atoms with Crippen LogP contribution in [-0.2, 0) is 13.6 Å². The molecule has 7 heteroatoms. The van der Waals surface area contributed by atoms with Crippen molar-refractivity contribution < 1.29 is 0 Å². The smallest absolute Gasteiger partial charge is 0.244 e. The zero-order valence-electron chi connectivity index (χ0n) is 10.1. The molecule has 0 spiro atoms. The molecule has 0 radical (unpaired) electrons. The average Bonchev–Trinajstić information content (AvgIpc) is 2.71.